The van der Waals surface area contributed by atoms with Crippen molar-refractivity contribution in [3.63, 3.8) is 0 Å². The van der Waals surface area contributed by atoms with Crippen LogP contribution in [0.1, 0.15) is 15.9 Å². The minimum atomic E-state index is -4.75. The van der Waals surface area contributed by atoms with Gasteiger partial charge in [0.15, 0.2) is 6.10 Å². The molecule has 5 nitrogen and oxygen atoms in total. The summed E-state index contributed by atoms with van der Waals surface area (Å²) in [7, 11) is 0. The van der Waals surface area contributed by atoms with Gasteiger partial charge in [-0.05, 0) is 18.2 Å². The Morgan fingerprint density at radius 1 is 1.30 bits per heavy atom. The van der Waals surface area contributed by atoms with Crippen LogP contribution in [-0.2, 0) is 11.0 Å². The summed E-state index contributed by atoms with van der Waals surface area (Å²) in [5.41, 5.74) is -2.11. The lowest BCUT2D eigenvalue weighted by Crippen LogP contribution is -2.36. The molecule has 20 heavy (non-hydrogen) atoms. The average molecular weight is 295 g/mol. The highest BCUT2D eigenvalue weighted by Gasteiger charge is 2.32. The van der Waals surface area contributed by atoms with E-state index in [1.54, 1.807) is 0 Å². The number of rotatable bonds is 4. The van der Waals surface area contributed by atoms with Crippen molar-refractivity contribution in [2.75, 3.05) is 6.54 Å². The molecule has 0 saturated carbocycles. The Morgan fingerprint density at radius 3 is 2.40 bits per heavy atom. The first-order valence-electron chi connectivity index (χ1n) is 5.18. The van der Waals surface area contributed by atoms with Crippen molar-refractivity contribution in [2.24, 2.45) is 0 Å². The molecule has 9 heteroatoms. The normalized spacial score (nSPS) is 12.8. The number of carboxylic acid groups (broad SMARTS) is 1. The van der Waals surface area contributed by atoms with E-state index < -0.39 is 47.6 Å². The number of alkyl halides is 3. The molecule has 0 radical (unpaired) electrons. The quantitative estimate of drug-likeness (QED) is 0.724. The molecule has 0 aliphatic heterocycles. The minimum Gasteiger partial charge on any atom is -0.479 e. The number of benzene rings is 1. The van der Waals surface area contributed by atoms with Crippen molar-refractivity contribution in [3.8, 4) is 0 Å². The van der Waals surface area contributed by atoms with Crippen molar-refractivity contribution < 1.29 is 37.4 Å². The number of amides is 1. The third-order valence-electron chi connectivity index (χ3n) is 2.28. The van der Waals surface area contributed by atoms with Crippen LogP contribution in [0.15, 0.2) is 18.2 Å². The number of hydrogen-bond acceptors (Lipinski definition) is 3. The Bertz CT molecular complexity index is 530. The summed E-state index contributed by atoms with van der Waals surface area (Å²) >= 11 is 0. The number of aliphatic carboxylic acids is 1. The molecule has 0 saturated heterocycles. The SMILES string of the molecule is O=C(NCC(O)C(=O)O)c1cc(C(F)(F)F)ccc1F. The highest BCUT2D eigenvalue weighted by molar-refractivity contribution is 5.95. The van der Waals surface area contributed by atoms with Crippen LogP contribution in [0.3, 0.4) is 0 Å². The van der Waals surface area contributed by atoms with Crippen molar-refractivity contribution in [1.29, 1.82) is 0 Å². The van der Waals surface area contributed by atoms with Crippen LogP contribution < -0.4 is 5.32 Å². The van der Waals surface area contributed by atoms with E-state index in [0.29, 0.717) is 18.2 Å². The number of carboxylic acids is 1. The molecule has 0 heterocycles. The number of nitrogens with one attached hydrogen (secondary N) is 1. The zero-order valence-corrected chi connectivity index (χ0v) is 9.74. The van der Waals surface area contributed by atoms with E-state index in [0.717, 1.165) is 0 Å². The molecule has 0 spiro atoms. The van der Waals surface area contributed by atoms with Crippen LogP contribution in [0.2, 0.25) is 0 Å². The van der Waals surface area contributed by atoms with Crippen LogP contribution >= 0.6 is 0 Å². The summed E-state index contributed by atoms with van der Waals surface area (Å²) in [4.78, 5) is 21.7. The third kappa shape index (κ3) is 3.92. The number of carbonyl (C=O) groups is 2. The van der Waals surface area contributed by atoms with Gasteiger partial charge in [0.1, 0.15) is 5.82 Å². The van der Waals surface area contributed by atoms with Crippen LogP contribution in [-0.4, -0.2) is 34.7 Å². The molecule has 0 fully saturated rings. The Labute approximate surface area is 109 Å². The third-order valence-corrected chi connectivity index (χ3v) is 2.28. The molecule has 110 valence electrons. The van der Waals surface area contributed by atoms with E-state index in [1.165, 1.54) is 0 Å². The van der Waals surface area contributed by atoms with E-state index in [4.69, 9.17) is 10.2 Å². The highest BCUT2D eigenvalue weighted by atomic mass is 19.4. The number of halogens is 4. The molecule has 0 aliphatic carbocycles. The molecular weight excluding hydrogens is 286 g/mol. The molecule has 1 aromatic carbocycles. The van der Waals surface area contributed by atoms with Gasteiger partial charge in [0.25, 0.3) is 5.91 Å². The first-order valence-corrected chi connectivity index (χ1v) is 5.18. The molecule has 1 atom stereocenters. The van der Waals surface area contributed by atoms with Crippen LogP contribution in [0.4, 0.5) is 17.6 Å². The van der Waals surface area contributed by atoms with Gasteiger partial charge in [0.2, 0.25) is 0 Å². The van der Waals surface area contributed by atoms with Gasteiger partial charge in [-0.2, -0.15) is 13.2 Å². The monoisotopic (exact) mass is 295 g/mol. The lowest BCUT2D eigenvalue weighted by Gasteiger charge is -2.11. The fraction of sp³-hybridized carbons (Fsp3) is 0.273. The second-order valence-electron chi connectivity index (χ2n) is 3.76. The van der Waals surface area contributed by atoms with Gasteiger partial charge in [-0.25, -0.2) is 9.18 Å². The van der Waals surface area contributed by atoms with Crippen LogP contribution in [0.5, 0.6) is 0 Å². The summed E-state index contributed by atoms with van der Waals surface area (Å²) in [5, 5.41) is 19.1. The molecule has 0 aromatic heterocycles. The molecular formula is C11H9F4NO4. The lowest BCUT2D eigenvalue weighted by molar-refractivity contribution is -0.146. The summed E-state index contributed by atoms with van der Waals surface area (Å²) in [6.07, 6.45) is -6.68. The number of hydrogen-bond donors (Lipinski definition) is 3. The summed E-state index contributed by atoms with van der Waals surface area (Å²) in [6.45, 7) is -0.760. The molecule has 1 amide bonds. The van der Waals surface area contributed by atoms with Crippen LogP contribution in [0.25, 0.3) is 0 Å². The molecule has 3 N–H and O–H groups in total. The second kappa shape index (κ2) is 5.87. The van der Waals surface area contributed by atoms with Gasteiger partial charge >= 0.3 is 12.1 Å². The van der Waals surface area contributed by atoms with Gasteiger partial charge in [0.05, 0.1) is 17.7 Å². The predicted molar refractivity (Wildman–Crippen MR) is 57.4 cm³/mol. The summed E-state index contributed by atoms with van der Waals surface area (Å²) in [6, 6.07) is 1.25. The van der Waals surface area contributed by atoms with Gasteiger partial charge in [-0.15, -0.1) is 0 Å². The van der Waals surface area contributed by atoms with E-state index in [2.05, 4.69) is 0 Å². The fourth-order valence-electron chi connectivity index (χ4n) is 1.25. The highest BCUT2D eigenvalue weighted by Crippen LogP contribution is 2.30. The standard InChI is InChI=1S/C11H9F4NO4/c12-7-2-1-5(11(13,14)15)3-6(7)9(18)16-4-8(17)10(19)20/h1-3,8,17H,4H2,(H,16,18)(H,19,20). The van der Waals surface area contributed by atoms with E-state index >= 15 is 0 Å². The molecule has 1 rings (SSSR count). The molecule has 1 aromatic rings. The number of carbonyl (C=O) groups excluding carboxylic acids is 1. The number of aliphatic hydroxyl groups excluding tert-OH is 1. The van der Waals surface area contributed by atoms with E-state index in [-0.39, 0.29) is 0 Å². The zero-order chi connectivity index (χ0) is 15.5. The maximum Gasteiger partial charge on any atom is 0.416 e. The maximum atomic E-state index is 13.3. The molecule has 1 unspecified atom stereocenters. The van der Waals surface area contributed by atoms with Gasteiger partial charge in [-0.3, -0.25) is 4.79 Å². The minimum absolute atomic E-state index is 0.303. The number of aliphatic hydroxyl groups is 1. The maximum absolute atomic E-state index is 13.3. The largest absolute Gasteiger partial charge is 0.479 e. The lowest BCUT2D eigenvalue weighted by atomic mass is 10.1. The first-order chi connectivity index (χ1) is 9.12. The first kappa shape index (κ1) is 15.9. The second-order valence-corrected chi connectivity index (χ2v) is 3.76. The predicted octanol–water partition coefficient (Wildman–Crippen LogP) is 1.02. The Hall–Kier alpha value is -2.16. The smallest absolute Gasteiger partial charge is 0.416 e. The van der Waals surface area contributed by atoms with E-state index in [9.17, 15) is 27.2 Å². The fourth-order valence-corrected chi connectivity index (χ4v) is 1.25. The van der Waals surface area contributed by atoms with Crippen molar-refractivity contribution >= 4 is 11.9 Å². The Kier molecular flexibility index (Phi) is 4.66. The molecule has 0 bridgehead atoms. The average Bonchev–Trinajstić information content (AvgIpc) is 2.34. The van der Waals surface area contributed by atoms with Crippen LogP contribution in [0, 0.1) is 5.82 Å². The van der Waals surface area contributed by atoms with Crippen molar-refractivity contribution in [1.82, 2.24) is 5.32 Å². The summed E-state index contributed by atoms with van der Waals surface area (Å²) < 4.78 is 50.5. The van der Waals surface area contributed by atoms with Crippen molar-refractivity contribution in [2.45, 2.75) is 12.3 Å². The van der Waals surface area contributed by atoms with E-state index in [1.807, 2.05) is 5.32 Å². The topological polar surface area (TPSA) is 86.6 Å². The van der Waals surface area contributed by atoms with Gasteiger partial charge in [-0.1, -0.05) is 0 Å². The van der Waals surface area contributed by atoms with Crippen molar-refractivity contribution in [3.05, 3.63) is 35.1 Å². The summed E-state index contributed by atoms with van der Waals surface area (Å²) in [5.74, 6) is -4.08. The Balaban J connectivity index is 2.90. The van der Waals surface area contributed by atoms with Gasteiger partial charge < -0.3 is 15.5 Å². The Morgan fingerprint density at radius 2 is 1.90 bits per heavy atom. The molecule has 0 aliphatic rings. The zero-order valence-electron chi connectivity index (χ0n) is 9.74. The van der Waals surface area contributed by atoms with Gasteiger partial charge in [0, 0.05) is 0 Å².